The number of hydrogen-bond donors (Lipinski definition) is 3. The lowest BCUT2D eigenvalue weighted by Gasteiger charge is -2.40. The van der Waals surface area contributed by atoms with E-state index in [9.17, 15) is 34.5 Å². The van der Waals surface area contributed by atoms with Crippen LogP contribution in [-0.2, 0) is 42.9 Å². The highest BCUT2D eigenvalue weighted by atomic mass is 16.7. The molecule has 79 heavy (non-hydrogen) atoms. The van der Waals surface area contributed by atoms with Crippen molar-refractivity contribution in [2.24, 2.45) is 0 Å². The number of unbranched alkanes of at least 4 members (excludes halogenated alkanes) is 11. The van der Waals surface area contributed by atoms with Gasteiger partial charge in [0.2, 0.25) is 0 Å². The molecule has 0 aromatic heterocycles. The molecular weight excluding hydrogens is 997 g/mol. The number of allylic oxidation sites excluding steroid dienone is 23. The molecule has 3 N–H and O–H groups in total. The molecule has 0 amide bonds. The summed E-state index contributed by atoms with van der Waals surface area (Å²) in [6, 6.07) is 0. The van der Waals surface area contributed by atoms with E-state index < -0.39 is 67.3 Å². The van der Waals surface area contributed by atoms with Gasteiger partial charge in [-0.25, -0.2) is 4.79 Å². The monoisotopic (exact) mass is 1100 g/mol. The van der Waals surface area contributed by atoms with E-state index in [0.717, 1.165) is 122 Å². The van der Waals surface area contributed by atoms with Crippen molar-refractivity contribution in [2.75, 3.05) is 13.2 Å². The molecule has 6 unspecified atom stereocenters. The van der Waals surface area contributed by atoms with Crippen LogP contribution in [0, 0.1) is 0 Å². The average Bonchev–Trinajstić information content (AvgIpc) is 3.46. The highest BCUT2D eigenvalue weighted by Gasteiger charge is 2.50. The number of hydrogen-bond acceptors (Lipinski definition) is 11. The van der Waals surface area contributed by atoms with Gasteiger partial charge in [-0.05, 0) is 122 Å². The number of ether oxygens (including phenoxy) is 5. The molecular formula is C67H102O12. The summed E-state index contributed by atoms with van der Waals surface area (Å²) >= 11 is 0. The van der Waals surface area contributed by atoms with E-state index in [1.165, 1.54) is 19.3 Å². The molecule has 0 spiro atoms. The SMILES string of the molecule is CC/C=C\C/C=C\C/C=C\C/C=C\C/C=C\CCCCCC(=O)OCC(COC1OC(C(=O)O)C(O)C(O)C1OC(=O)CCCCCCC/C=C\C/C=C\CCCCC)OC(=O)C/C=C\C/C=C\C/C=C\C/C=C\C/C=C\CC. The van der Waals surface area contributed by atoms with Crippen LogP contribution in [-0.4, -0.2) is 89.2 Å². The number of aliphatic hydroxyl groups is 2. The Hall–Kier alpha value is -5.40. The number of aliphatic hydroxyl groups excluding tert-OH is 2. The van der Waals surface area contributed by atoms with Crippen molar-refractivity contribution in [2.45, 2.75) is 237 Å². The van der Waals surface area contributed by atoms with E-state index >= 15 is 0 Å². The molecule has 0 aromatic carbocycles. The van der Waals surface area contributed by atoms with Crippen molar-refractivity contribution in [3.8, 4) is 0 Å². The Bertz CT molecular complexity index is 1930. The normalized spacial score (nSPS) is 18.9. The molecule has 442 valence electrons. The highest BCUT2D eigenvalue weighted by Crippen LogP contribution is 2.26. The molecule has 1 rings (SSSR count). The van der Waals surface area contributed by atoms with Gasteiger partial charge >= 0.3 is 23.9 Å². The zero-order valence-corrected chi connectivity index (χ0v) is 48.5. The second-order valence-electron chi connectivity index (χ2n) is 19.5. The van der Waals surface area contributed by atoms with E-state index in [1.807, 2.05) is 18.2 Å². The number of rotatable bonds is 48. The van der Waals surface area contributed by atoms with E-state index in [1.54, 1.807) is 6.08 Å². The van der Waals surface area contributed by atoms with Gasteiger partial charge in [-0.1, -0.05) is 205 Å². The predicted octanol–water partition coefficient (Wildman–Crippen LogP) is 15.6. The smallest absolute Gasteiger partial charge is 0.335 e. The fourth-order valence-electron chi connectivity index (χ4n) is 7.91. The molecule has 12 nitrogen and oxygen atoms in total. The minimum atomic E-state index is -1.93. The Morgan fingerprint density at radius 3 is 1.29 bits per heavy atom. The van der Waals surface area contributed by atoms with Gasteiger partial charge in [0.1, 0.15) is 18.8 Å². The van der Waals surface area contributed by atoms with E-state index in [-0.39, 0.29) is 25.9 Å². The Kier molecular flexibility index (Phi) is 48.3. The fourth-order valence-corrected chi connectivity index (χ4v) is 7.91. The second-order valence-corrected chi connectivity index (χ2v) is 19.5. The van der Waals surface area contributed by atoms with Crippen LogP contribution in [0.4, 0.5) is 0 Å². The summed E-state index contributed by atoms with van der Waals surface area (Å²) in [5.41, 5.74) is 0. The first-order valence-corrected chi connectivity index (χ1v) is 29.8. The first-order chi connectivity index (χ1) is 38.6. The minimum absolute atomic E-state index is 0.0221. The zero-order valence-electron chi connectivity index (χ0n) is 48.5. The first-order valence-electron chi connectivity index (χ1n) is 29.8. The van der Waals surface area contributed by atoms with Gasteiger partial charge in [0.25, 0.3) is 0 Å². The molecule has 0 aliphatic carbocycles. The lowest BCUT2D eigenvalue weighted by atomic mass is 9.98. The molecule has 1 aliphatic heterocycles. The maximum atomic E-state index is 13.1. The van der Waals surface area contributed by atoms with Crippen molar-refractivity contribution >= 4 is 23.9 Å². The number of carboxylic acid groups (broad SMARTS) is 1. The van der Waals surface area contributed by atoms with E-state index in [4.69, 9.17) is 23.7 Å². The van der Waals surface area contributed by atoms with Crippen molar-refractivity contribution in [1.29, 1.82) is 0 Å². The average molecular weight is 1100 g/mol. The van der Waals surface area contributed by atoms with Gasteiger partial charge < -0.3 is 39.0 Å². The maximum Gasteiger partial charge on any atom is 0.335 e. The standard InChI is InChI=1S/C67H102O12/c1-4-7-10-13-16-19-22-25-28-29-30-31-34-35-38-41-44-47-50-53-59(68)75-56-58(77-60(69)54-51-48-45-42-39-36-32-26-23-20-17-14-11-8-5-2)57-76-67-65(63(72)62(71)64(79-67)66(73)74)78-61(70)55-52-49-46-43-40-37-33-27-24-21-18-15-12-9-6-3/h7-8,10-11,16-21,25-28,30-33,35,38-39,42,48,51,58,62-65,67,71-72H,4-6,9,12-15,22-24,29,34,36-37,40-41,43-47,49-50,52-57H2,1-3H3,(H,73,74)/b10-7-,11-8-,19-16-,20-17-,21-18-,28-25-,31-30-,32-26-,33-27-,38-35-,42-39-,51-48-. The zero-order chi connectivity index (χ0) is 57.5. The third kappa shape index (κ3) is 43.1. The van der Waals surface area contributed by atoms with Gasteiger partial charge in [-0.15, -0.1) is 0 Å². The highest BCUT2D eigenvalue weighted by molar-refractivity contribution is 5.74. The molecule has 1 saturated heterocycles. The lowest BCUT2D eigenvalue weighted by Crippen LogP contribution is -2.61. The Balaban J connectivity index is 2.78. The summed E-state index contributed by atoms with van der Waals surface area (Å²) in [6.07, 6.45) is 64.1. The van der Waals surface area contributed by atoms with Crippen LogP contribution in [0.2, 0.25) is 0 Å². The van der Waals surface area contributed by atoms with E-state index in [2.05, 4.69) is 142 Å². The molecule has 0 saturated carbocycles. The van der Waals surface area contributed by atoms with Crippen LogP contribution in [0.1, 0.15) is 201 Å². The first kappa shape index (κ1) is 71.6. The van der Waals surface area contributed by atoms with E-state index in [0.29, 0.717) is 19.3 Å². The lowest BCUT2D eigenvalue weighted by molar-refractivity contribution is -0.301. The number of carbonyl (C=O) groups is 4. The molecule has 0 radical (unpaired) electrons. The summed E-state index contributed by atoms with van der Waals surface area (Å²) < 4.78 is 28.2. The van der Waals surface area contributed by atoms with Crippen molar-refractivity contribution < 1.29 is 58.2 Å². The number of aliphatic carboxylic acids is 1. The minimum Gasteiger partial charge on any atom is -0.479 e. The molecule has 6 atom stereocenters. The quantitative estimate of drug-likeness (QED) is 0.0228. The van der Waals surface area contributed by atoms with Crippen LogP contribution in [0.15, 0.2) is 146 Å². The van der Waals surface area contributed by atoms with Gasteiger partial charge in [0.15, 0.2) is 24.6 Å². The van der Waals surface area contributed by atoms with Crippen LogP contribution in [0.3, 0.4) is 0 Å². The third-order valence-electron chi connectivity index (χ3n) is 12.4. The number of carbonyl (C=O) groups excluding carboxylic acids is 3. The summed E-state index contributed by atoms with van der Waals surface area (Å²) in [6.45, 7) is 5.60. The summed E-state index contributed by atoms with van der Waals surface area (Å²) in [7, 11) is 0. The largest absolute Gasteiger partial charge is 0.479 e. The van der Waals surface area contributed by atoms with Gasteiger partial charge in [0.05, 0.1) is 13.0 Å². The van der Waals surface area contributed by atoms with Gasteiger partial charge in [-0.3, -0.25) is 14.4 Å². The molecule has 1 heterocycles. The van der Waals surface area contributed by atoms with Crippen LogP contribution in [0.5, 0.6) is 0 Å². The summed E-state index contributed by atoms with van der Waals surface area (Å²) in [5, 5.41) is 31.5. The topological polar surface area (TPSA) is 175 Å². The molecule has 0 aromatic rings. The van der Waals surface area contributed by atoms with Crippen molar-refractivity contribution in [1.82, 2.24) is 0 Å². The molecule has 1 aliphatic rings. The Labute approximate surface area is 476 Å². The van der Waals surface area contributed by atoms with Crippen molar-refractivity contribution in [3.05, 3.63) is 146 Å². The molecule has 1 fully saturated rings. The van der Waals surface area contributed by atoms with Gasteiger partial charge in [0, 0.05) is 12.8 Å². The van der Waals surface area contributed by atoms with Gasteiger partial charge in [-0.2, -0.15) is 0 Å². The Morgan fingerprint density at radius 1 is 0.443 bits per heavy atom. The van der Waals surface area contributed by atoms with Crippen LogP contribution in [0.25, 0.3) is 0 Å². The van der Waals surface area contributed by atoms with Crippen LogP contribution < -0.4 is 0 Å². The summed E-state index contributed by atoms with van der Waals surface area (Å²) in [4.78, 5) is 51.1. The fraction of sp³-hybridized carbons (Fsp3) is 0.582. The van der Waals surface area contributed by atoms with Crippen molar-refractivity contribution in [3.63, 3.8) is 0 Å². The number of carboxylic acids is 1. The summed E-state index contributed by atoms with van der Waals surface area (Å²) in [5.74, 6) is -3.38. The second kappa shape index (κ2) is 53.3. The maximum absolute atomic E-state index is 13.1. The Morgan fingerprint density at radius 2 is 0.835 bits per heavy atom. The van der Waals surface area contributed by atoms with Crippen LogP contribution >= 0.6 is 0 Å². The predicted molar refractivity (Wildman–Crippen MR) is 321 cm³/mol. The molecule has 0 bridgehead atoms. The molecule has 12 heteroatoms. The third-order valence-corrected chi connectivity index (χ3v) is 12.4. The number of esters is 3.